The number of aromatic nitrogens is 2. The molecule has 1 saturated carbocycles. The van der Waals surface area contributed by atoms with E-state index < -0.39 is 0 Å². The van der Waals surface area contributed by atoms with Crippen molar-refractivity contribution in [2.24, 2.45) is 5.92 Å². The number of carbonyl (C=O) groups excluding carboxylic acids is 1. The van der Waals surface area contributed by atoms with Gasteiger partial charge in [-0.1, -0.05) is 51.0 Å². The largest absolute Gasteiger partial charge is 0.366 e. The third kappa shape index (κ3) is 3.93. The Balaban J connectivity index is 1.49. The fourth-order valence-corrected chi connectivity index (χ4v) is 4.16. The van der Waals surface area contributed by atoms with E-state index in [1.165, 1.54) is 25.7 Å². The monoisotopic (exact) mass is 376 g/mol. The molecule has 1 amide bonds. The van der Waals surface area contributed by atoms with Crippen LogP contribution in [0.25, 0.3) is 11.3 Å². The first-order chi connectivity index (χ1) is 13.6. The lowest BCUT2D eigenvalue weighted by molar-refractivity contribution is 0.0720. The van der Waals surface area contributed by atoms with Gasteiger partial charge in [-0.15, -0.1) is 10.2 Å². The molecule has 5 nitrogen and oxygen atoms in total. The average Bonchev–Trinajstić information content (AvgIpc) is 3.40. The normalized spacial score (nSPS) is 19.5. The van der Waals surface area contributed by atoms with Crippen molar-refractivity contribution in [1.82, 2.24) is 15.1 Å². The summed E-state index contributed by atoms with van der Waals surface area (Å²) in [5.74, 6) is 1.29. The zero-order valence-corrected chi connectivity index (χ0v) is 16.6. The van der Waals surface area contributed by atoms with E-state index in [-0.39, 0.29) is 11.9 Å². The second kappa shape index (κ2) is 8.13. The Labute approximate surface area is 166 Å². The highest BCUT2D eigenvalue weighted by Crippen LogP contribution is 2.25. The quantitative estimate of drug-likeness (QED) is 0.779. The van der Waals surface area contributed by atoms with Crippen molar-refractivity contribution < 1.29 is 4.79 Å². The second-order valence-corrected chi connectivity index (χ2v) is 8.13. The van der Waals surface area contributed by atoms with Gasteiger partial charge in [-0.3, -0.25) is 4.79 Å². The van der Waals surface area contributed by atoms with Crippen LogP contribution in [0.2, 0.25) is 0 Å². The maximum Gasteiger partial charge on any atom is 0.254 e. The molecule has 0 radical (unpaired) electrons. The molecule has 2 aromatic rings. The van der Waals surface area contributed by atoms with Gasteiger partial charge in [-0.2, -0.15) is 0 Å². The van der Waals surface area contributed by atoms with Crippen LogP contribution in [0.3, 0.4) is 0 Å². The molecule has 1 aliphatic carbocycles. The maximum absolute atomic E-state index is 13.0. The number of carbonyl (C=O) groups is 1. The molecular formula is C23H28N4O. The number of hydrogen-bond donors (Lipinski definition) is 1. The van der Waals surface area contributed by atoms with E-state index in [0.717, 1.165) is 17.1 Å². The highest BCUT2D eigenvalue weighted by Gasteiger charge is 2.27. The topological polar surface area (TPSA) is 58.1 Å². The van der Waals surface area contributed by atoms with E-state index in [0.29, 0.717) is 24.1 Å². The number of rotatable bonds is 5. The number of benzene rings is 1. The highest BCUT2D eigenvalue weighted by molar-refractivity contribution is 5.96. The van der Waals surface area contributed by atoms with Gasteiger partial charge < -0.3 is 10.2 Å². The molecule has 1 N–H and O–H groups in total. The van der Waals surface area contributed by atoms with Crippen LogP contribution in [0.5, 0.6) is 0 Å². The number of amides is 1. The molecule has 0 spiro atoms. The van der Waals surface area contributed by atoms with Gasteiger partial charge in [0.05, 0.1) is 11.7 Å². The van der Waals surface area contributed by atoms with Crippen molar-refractivity contribution in [2.75, 3.05) is 11.9 Å². The zero-order valence-electron chi connectivity index (χ0n) is 16.6. The minimum Gasteiger partial charge on any atom is -0.366 e. The minimum atomic E-state index is 0.0676. The number of nitrogens with zero attached hydrogens (tertiary/aromatic N) is 3. The van der Waals surface area contributed by atoms with Crippen molar-refractivity contribution in [3.8, 4) is 11.3 Å². The predicted octanol–water partition coefficient (Wildman–Crippen LogP) is 4.53. The Hall–Kier alpha value is -2.69. The highest BCUT2D eigenvalue weighted by atomic mass is 16.2. The fraction of sp³-hybridized carbons (Fsp3) is 0.435. The summed E-state index contributed by atoms with van der Waals surface area (Å²) in [5.41, 5.74) is 2.40. The van der Waals surface area contributed by atoms with Gasteiger partial charge in [-0.25, -0.2) is 0 Å². The van der Waals surface area contributed by atoms with Crippen LogP contribution < -0.4 is 5.32 Å². The summed E-state index contributed by atoms with van der Waals surface area (Å²) >= 11 is 0. The first kappa shape index (κ1) is 18.7. The number of nitrogens with one attached hydrogen (secondary N) is 1. The Kier molecular flexibility index (Phi) is 5.42. The predicted molar refractivity (Wildman–Crippen MR) is 112 cm³/mol. The van der Waals surface area contributed by atoms with Crippen LogP contribution in [0.4, 0.5) is 5.82 Å². The molecule has 2 aliphatic rings. The maximum atomic E-state index is 13.0. The molecule has 0 bridgehead atoms. The van der Waals surface area contributed by atoms with Gasteiger partial charge in [0.25, 0.3) is 5.91 Å². The van der Waals surface area contributed by atoms with Crippen LogP contribution in [0.1, 0.15) is 49.9 Å². The lowest BCUT2D eigenvalue weighted by atomic mass is 10.0. The molecule has 5 heteroatoms. The first-order valence-electron chi connectivity index (χ1n) is 10.3. The van der Waals surface area contributed by atoms with Gasteiger partial charge in [-0.05, 0) is 43.0 Å². The third-order valence-electron chi connectivity index (χ3n) is 5.72. The minimum absolute atomic E-state index is 0.0676. The summed E-state index contributed by atoms with van der Waals surface area (Å²) in [7, 11) is 0. The van der Waals surface area contributed by atoms with E-state index in [1.807, 2.05) is 41.3 Å². The lowest BCUT2D eigenvalue weighted by Gasteiger charge is -2.27. The molecule has 0 saturated heterocycles. The van der Waals surface area contributed by atoms with E-state index in [4.69, 9.17) is 0 Å². The van der Waals surface area contributed by atoms with E-state index in [9.17, 15) is 4.79 Å². The molecule has 1 fully saturated rings. The summed E-state index contributed by atoms with van der Waals surface area (Å²) in [5, 5.41) is 12.2. The van der Waals surface area contributed by atoms with Crippen molar-refractivity contribution in [1.29, 1.82) is 0 Å². The van der Waals surface area contributed by atoms with Crippen LogP contribution in [0, 0.1) is 5.92 Å². The second-order valence-electron chi connectivity index (χ2n) is 8.13. The van der Waals surface area contributed by atoms with Crippen LogP contribution >= 0.6 is 0 Å². The van der Waals surface area contributed by atoms with Gasteiger partial charge in [0, 0.05) is 23.7 Å². The van der Waals surface area contributed by atoms with Crippen molar-refractivity contribution in [3.05, 3.63) is 54.1 Å². The molecule has 1 aromatic carbocycles. The van der Waals surface area contributed by atoms with Crippen LogP contribution in [-0.2, 0) is 0 Å². The smallest absolute Gasteiger partial charge is 0.254 e. The Morgan fingerprint density at radius 2 is 1.96 bits per heavy atom. The first-order valence-corrected chi connectivity index (χ1v) is 10.3. The van der Waals surface area contributed by atoms with E-state index >= 15 is 0 Å². The molecule has 0 unspecified atom stereocenters. The van der Waals surface area contributed by atoms with Gasteiger partial charge in [0.15, 0.2) is 0 Å². The fourth-order valence-electron chi connectivity index (χ4n) is 4.16. The van der Waals surface area contributed by atoms with Crippen molar-refractivity contribution in [3.63, 3.8) is 0 Å². The van der Waals surface area contributed by atoms with E-state index in [1.54, 1.807) is 0 Å². The third-order valence-corrected chi connectivity index (χ3v) is 5.72. The van der Waals surface area contributed by atoms with Gasteiger partial charge in [0.1, 0.15) is 5.82 Å². The molecule has 146 valence electrons. The molecule has 2 heterocycles. The summed E-state index contributed by atoms with van der Waals surface area (Å²) in [6.07, 6.45) is 9.19. The number of anilines is 1. The Morgan fingerprint density at radius 3 is 2.68 bits per heavy atom. The molecule has 4 rings (SSSR count). The van der Waals surface area contributed by atoms with Crippen molar-refractivity contribution >= 4 is 11.7 Å². The van der Waals surface area contributed by atoms with Gasteiger partial charge in [0.2, 0.25) is 0 Å². The van der Waals surface area contributed by atoms with Crippen LogP contribution in [0.15, 0.2) is 48.6 Å². The molecular weight excluding hydrogens is 348 g/mol. The van der Waals surface area contributed by atoms with Crippen LogP contribution in [-0.4, -0.2) is 39.6 Å². The van der Waals surface area contributed by atoms with E-state index in [2.05, 4.69) is 41.5 Å². The molecule has 1 aliphatic heterocycles. The molecule has 1 atom stereocenters. The standard InChI is InChI=1S/C23H28N4O/c1-16(2)21-11-6-14-27(21)23(28)18-8-5-7-17(15-18)20-12-13-22(26-25-20)24-19-9-3-4-10-19/h5-8,11-13,15-16,19,21H,3-4,9-10,14H2,1-2H3,(H,24,26)/t21-/m1/s1. The summed E-state index contributed by atoms with van der Waals surface area (Å²) in [6.45, 7) is 4.97. The average molecular weight is 377 g/mol. The summed E-state index contributed by atoms with van der Waals surface area (Å²) in [6, 6.07) is 12.3. The zero-order chi connectivity index (χ0) is 19.5. The molecule has 1 aromatic heterocycles. The number of hydrogen-bond acceptors (Lipinski definition) is 4. The lowest BCUT2D eigenvalue weighted by Crippen LogP contribution is -2.39. The summed E-state index contributed by atoms with van der Waals surface area (Å²) < 4.78 is 0. The van der Waals surface area contributed by atoms with Gasteiger partial charge >= 0.3 is 0 Å². The van der Waals surface area contributed by atoms with Crippen molar-refractivity contribution in [2.45, 2.75) is 51.6 Å². The molecule has 28 heavy (non-hydrogen) atoms. The Morgan fingerprint density at radius 1 is 1.14 bits per heavy atom. The summed E-state index contributed by atoms with van der Waals surface area (Å²) in [4.78, 5) is 15.0. The SMILES string of the molecule is CC(C)[C@H]1C=CCN1C(=O)c1cccc(-c2ccc(NC3CCCC3)nn2)c1. The Bertz CT molecular complexity index is 853.